The number of carbonyl (C=O) groups excluding carboxylic acids is 1. The van der Waals surface area contributed by atoms with Crippen LogP contribution in [0.2, 0.25) is 0 Å². The van der Waals surface area contributed by atoms with Gasteiger partial charge in [-0.3, -0.25) is 4.79 Å². The predicted octanol–water partition coefficient (Wildman–Crippen LogP) is 2.82. The first-order chi connectivity index (χ1) is 8.04. The zero-order chi connectivity index (χ0) is 12.6. The van der Waals surface area contributed by atoms with E-state index in [-0.39, 0.29) is 0 Å². The van der Waals surface area contributed by atoms with Crippen molar-refractivity contribution in [1.29, 1.82) is 0 Å². The molecule has 0 amide bonds. The standard InChI is InChI=1S/C14H16N2O/c1-9-5-6-10(2)12(7-9)14-13(8-17)15-11(3)16(14)4/h5-8H,1-4H3. The fourth-order valence-electron chi connectivity index (χ4n) is 2.03. The highest BCUT2D eigenvalue weighted by atomic mass is 16.1. The second-order valence-corrected chi connectivity index (χ2v) is 4.39. The predicted molar refractivity (Wildman–Crippen MR) is 68.2 cm³/mol. The fourth-order valence-corrected chi connectivity index (χ4v) is 2.03. The number of carbonyl (C=O) groups is 1. The highest BCUT2D eigenvalue weighted by molar-refractivity contribution is 5.85. The molecule has 0 aliphatic heterocycles. The van der Waals surface area contributed by atoms with Crippen molar-refractivity contribution in [3.63, 3.8) is 0 Å². The first kappa shape index (κ1) is 11.6. The maximum absolute atomic E-state index is 11.1. The molecular formula is C14H16N2O. The van der Waals surface area contributed by atoms with Gasteiger partial charge in [0.05, 0.1) is 5.69 Å². The number of hydrogen-bond donors (Lipinski definition) is 0. The topological polar surface area (TPSA) is 34.9 Å². The molecule has 0 N–H and O–H groups in total. The summed E-state index contributed by atoms with van der Waals surface area (Å²) in [6.45, 7) is 6.00. The molecule has 3 heteroatoms. The Labute approximate surface area is 101 Å². The van der Waals surface area contributed by atoms with Gasteiger partial charge in [0.25, 0.3) is 0 Å². The summed E-state index contributed by atoms with van der Waals surface area (Å²) in [4.78, 5) is 15.4. The molecule has 17 heavy (non-hydrogen) atoms. The number of benzene rings is 1. The Morgan fingerprint density at radius 3 is 2.59 bits per heavy atom. The molecule has 3 nitrogen and oxygen atoms in total. The van der Waals surface area contributed by atoms with Crippen LogP contribution >= 0.6 is 0 Å². The highest BCUT2D eigenvalue weighted by Gasteiger charge is 2.15. The van der Waals surface area contributed by atoms with Gasteiger partial charge in [-0.1, -0.05) is 17.7 Å². The molecule has 2 aromatic rings. The van der Waals surface area contributed by atoms with Crippen molar-refractivity contribution in [2.45, 2.75) is 20.8 Å². The van der Waals surface area contributed by atoms with Crippen LogP contribution in [0.25, 0.3) is 11.3 Å². The van der Waals surface area contributed by atoms with Gasteiger partial charge < -0.3 is 4.57 Å². The average molecular weight is 228 g/mol. The summed E-state index contributed by atoms with van der Waals surface area (Å²) in [5.41, 5.74) is 4.83. The van der Waals surface area contributed by atoms with Crippen LogP contribution in [0.15, 0.2) is 18.2 Å². The van der Waals surface area contributed by atoms with E-state index in [4.69, 9.17) is 0 Å². The molecular weight excluding hydrogens is 212 g/mol. The molecule has 0 saturated heterocycles. The third-order valence-corrected chi connectivity index (χ3v) is 3.11. The lowest BCUT2D eigenvalue weighted by atomic mass is 10.0. The van der Waals surface area contributed by atoms with Crippen LogP contribution in [0, 0.1) is 20.8 Å². The second kappa shape index (κ2) is 4.17. The van der Waals surface area contributed by atoms with Crippen molar-refractivity contribution in [2.75, 3.05) is 0 Å². The van der Waals surface area contributed by atoms with Gasteiger partial charge in [0.15, 0.2) is 6.29 Å². The summed E-state index contributed by atoms with van der Waals surface area (Å²) in [7, 11) is 1.94. The summed E-state index contributed by atoms with van der Waals surface area (Å²) in [5.74, 6) is 0.850. The molecule has 1 aromatic heterocycles. The van der Waals surface area contributed by atoms with E-state index in [1.165, 1.54) is 5.56 Å². The Bertz CT molecular complexity index is 582. The second-order valence-electron chi connectivity index (χ2n) is 4.39. The Morgan fingerprint density at radius 2 is 1.94 bits per heavy atom. The third kappa shape index (κ3) is 1.88. The maximum atomic E-state index is 11.1. The molecule has 0 fully saturated rings. The first-order valence-electron chi connectivity index (χ1n) is 5.60. The number of aromatic nitrogens is 2. The molecule has 0 saturated carbocycles. The zero-order valence-electron chi connectivity index (χ0n) is 10.6. The highest BCUT2D eigenvalue weighted by Crippen LogP contribution is 2.27. The number of rotatable bonds is 2. The molecule has 1 aromatic carbocycles. The van der Waals surface area contributed by atoms with E-state index in [9.17, 15) is 4.79 Å². The summed E-state index contributed by atoms with van der Waals surface area (Å²) in [6, 6.07) is 6.24. The van der Waals surface area contributed by atoms with Gasteiger partial charge in [-0.25, -0.2) is 4.98 Å². The van der Waals surface area contributed by atoms with Crippen LogP contribution in [0.3, 0.4) is 0 Å². The molecule has 0 aliphatic carbocycles. The third-order valence-electron chi connectivity index (χ3n) is 3.11. The summed E-state index contributed by atoms with van der Waals surface area (Å²) in [5, 5.41) is 0. The number of imidazole rings is 1. The Morgan fingerprint density at radius 1 is 1.24 bits per heavy atom. The van der Waals surface area contributed by atoms with E-state index >= 15 is 0 Å². The smallest absolute Gasteiger partial charge is 0.170 e. The van der Waals surface area contributed by atoms with E-state index < -0.39 is 0 Å². The molecule has 88 valence electrons. The number of hydrogen-bond acceptors (Lipinski definition) is 2. The lowest BCUT2D eigenvalue weighted by Gasteiger charge is -2.09. The van der Waals surface area contributed by atoms with Crippen molar-refractivity contribution < 1.29 is 4.79 Å². The summed E-state index contributed by atoms with van der Waals surface area (Å²) >= 11 is 0. The fraction of sp³-hybridized carbons (Fsp3) is 0.286. The molecule has 1 heterocycles. The monoisotopic (exact) mass is 228 g/mol. The molecule has 0 bridgehead atoms. The van der Waals surface area contributed by atoms with E-state index in [1.807, 2.05) is 32.4 Å². The lowest BCUT2D eigenvalue weighted by Crippen LogP contribution is -1.97. The normalized spacial score (nSPS) is 10.6. The van der Waals surface area contributed by atoms with E-state index in [0.29, 0.717) is 5.69 Å². The molecule has 0 unspecified atom stereocenters. The average Bonchev–Trinajstić information content (AvgIpc) is 2.59. The van der Waals surface area contributed by atoms with Crippen LogP contribution in [-0.4, -0.2) is 15.8 Å². The number of nitrogens with zero attached hydrogens (tertiary/aromatic N) is 2. The van der Waals surface area contributed by atoms with Crippen molar-refractivity contribution in [1.82, 2.24) is 9.55 Å². The van der Waals surface area contributed by atoms with E-state index in [0.717, 1.165) is 28.9 Å². The number of aldehydes is 1. The zero-order valence-corrected chi connectivity index (χ0v) is 10.6. The molecule has 0 radical (unpaired) electrons. The van der Waals surface area contributed by atoms with E-state index in [1.54, 1.807) is 0 Å². The van der Waals surface area contributed by atoms with Crippen molar-refractivity contribution in [3.8, 4) is 11.3 Å². The van der Waals surface area contributed by atoms with Gasteiger partial charge in [-0.05, 0) is 32.4 Å². The van der Waals surface area contributed by atoms with Crippen molar-refractivity contribution in [3.05, 3.63) is 40.8 Å². The summed E-state index contributed by atoms with van der Waals surface area (Å²) in [6.07, 6.45) is 0.824. The molecule has 0 spiro atoms. The summed E-state index contributed by atoms with van der Waals surface area (Å²) < 4.78 is 1.96. The van der Waals surface area contributed by atoms with Crippen LogP contribution in [-0.2, 0) is 7.05 Å². The van der Waals surface area contributed by atoms with E-state index in [2.05, 4.69) is 23.2 Å². The van der Waals surface area contributed by atoms with Gasteiger partial charge in [-0.15, -0.1) is 0 Å². The SMILES string of the molecule is Cc1ccc(C)c(-c2c(C=O)nc(C)n2C)c1. The Hall–Kier alpha value is -1.90. The van der Waals surface area contributed by atoms with Crippen LogP contribution in [0.5, 0.6) is 0 Å². The van der Waals surface area contributed by atoms with Crippen molar-refractivity contribution in [2.24, 2.45) is 7.05 Å². The van der Waals surface area contributed by atoms with Crippen LogP contribution < -0.4 is 0 Å². The minimum Gasteiger partial charge on any atom is -0.331 e. The van der Waals surface area contributed by atoms with Gasteiger partial charge >= 0.3 is 0 Å². The van der Waals surface area contributed by atoms with Crippen LogP contribution in [0.4, 0.5) is 0 Å². The quantitative estimate of drug-likeness (QED) is 0.741. The van der Waals surface area contributed by atoms with Gasteiger partial charge in [-0.2, -0.15) is 0 Å². The van der Waals surface area contributed by atoms with Gasteiger partial charge in [0.2, 0.25) is 0 Å². The Balaban J connectivity index is 2.75. The maximum Gasteiger partial charge on any atom is 0.170 e. The minimum atomic E-state index is 0.513. The van der Waals surface area contributed by atoms with Crippen molar-refractivity contribution >= 4 is 6.29 Å². The largest absolute Gasteiger partial charge is 0.331 e. The molecule has 2 rings (SSSR count). The minimum absolute atomic E-state index is 0.513. The van der Waals surface area contributed by atoms with Crippen LogP contribution in [0.1, 0.15) is 27.4 Å². The first-order valence-corrected chi connectivity index (χ1v) is 5.60. The van der Waals surface area contributed by atoms with Gasteiger partial charge in [0, 0.05) is 12.6 Å². The molecule has 0 atom stereocenters. The molecule has 0 aliphatic rings. The Kier molecular flexibility index (Phi) is 2.84. The number of aryl methyl sites for hydroxylation is 3. The lowest BCUT2D eigenvalue weighted by molar-refractivity contribution is 0.112. The van der Waals surface area contributed by atoms with Gasteiger partial charge in [0.1, 0.15) is 11.5 Å².